The van der Waals surface area contributed by atoms with Crippen LogP contribution in [0.25, 0.3) is 0 Å². The Balaban J connectivity index is 1.75. The third kappa shape index (κ3) is 5.76. The summed E-state index contributed by atoms with van der Waals surface area (Å²) in [5.74, 6) is -0.225. The van der Waals surface area contributed by atoms with E-state index in [2.05, 4.69) is 10.6 Å². The van der Waals surface area contributed by atoms with E-state index in [1.807, 2.05) is 6.92 Å². The summed E-state index contributed by atoms with van der Waals surface area (Å²) in [6.07, 6.45) is 0. The van der Waals surface area contributed by atoms with Crippen molar-refractivity contribution in [3.63, 3.8) is 0 Å². The fourth-order valence-electron chi connectivity index (χ4n) is 1.83. The average Bonchev–Trinajstić information content (AvgIpc) is 2.56. The number of amides is 2. The lowest BCUT2D eigenvalue weighted by Gasteiger charge is -2.10. The summed E-state index contributed by atoms with van der Waals surface area (Å²) >= 11 is 11.6. The maximum atomic E-state index is 11.9. The molecule has 0 spiro atoms. The van der Waals surface area contributed by atoms with Crippen LogP contribution in [0.2, 0.25) is 10.0 Å². The SMILES string of the molecule is Cc1ccc(Cl)cc1NC(=O)CNC(=O)COc1ccc(Cl)cc1. The van der Waals surface area contributed by atoms with Gasteiger partial charge in [-0.1, -0.05) is 29.3 Å². The highest BCUT2D eigenvalue weighted by Gasteiger charge is 2.08. The van der Waals surface area contributed by atoms with Crippen molar-refractivity contribution in [2.45, 2.75) is 6.92 Å². The number of hydrogen-bond donors (Lipinski definition) is 2. The third-order valence-electron chi connectivity index (χ3n) is 3.10. The number of carbonyl (C=O) groups excluding carboxylic acids is 2. The molecule has 0 aliphatic heterocycles. The Morgan fingerprint density at radius 1 is 1.00 bits per heavy atom. The predicted octanol–water partition coefficient (Wildman–Crippen LogP) is 3.44. The fraction of sp³-hybridized carbons (Fsp3) is 0.176. The Labute approximate surface area is 149 Å². The summed E-state index contributed by atoms with van der Waals surface area (Å²) in [5.41, 5.74) is 1.49. The third-order valence-corrected chi connectivity index (χ3v) is 3.59. The topological polar surface area (TPSA) is 67.4 Å². The first kappa shape index (κ1) is 18.1. The second kappa shape index (κ2) is 8.57. The monoisotopic (exact) mass is 366 g/mol. The van der Waals surface area contributed by atoms with E-state index in [0.717, 1.165) is 5.56 Å². The molecule has 2 rings (SSSR count). The molecule has 0 fully saturated rings. The Hall–Kier alpha value is -2.24. The van der Waals surface area contributed by atoms with Crippen LogP contribution in [-0.2, 0) is 9.59 Å². The van der Waals surface area contributed by atoms with E-state index in [0.29, 0.717) is 21.5 Å². The van der Waals surface area contributed by atoms with E-state index in [1.54, 1.807) is 42.5 Å². The molecule has 2 amide bonds. The van der Waals surface area contributed by atoms with Gasteiger partial charge in [0.2, 0.25) is 5.91 Å². The van der Waals surface area contributed by atoms with Crippen molar-refractivity contribution < 1.29 is 14.3 Å². The summed E-state index contributed by atoms with van der Waals surface area (Å²) in [6.45, 7) is 1.50. The van der Waals surface area contributed by atoms with Gasteiger partial charge in [0.1, 0.15) is 5.75 Å². The van der Waals surface area contributed by atoms with Crippen molar-refractivity contribution in [3.8, 4) is 5.75 Å². The standard InChI is InChI=1S/C17H16Cl2N2O3/c1-11-2-3-13(19)8-15(11)21-16(22)9-20-17(23)10-24-14-6-4-12(18)5-7-14/h2-8H,9-10H2,1H3,(H,20,23)(H,21,22). The number of nitrogens with one attached hydrogen (secondary N) is 2. The van der Waals surface area contributed by atoms with Gasteiger partial charge < -0.3 is 15.4 Å². The number of benzene rings is 2. The number of aryl methyl sites for hydroxylation is 1. The second-order valence-electron chi connectivity index (χ2n) is 5.03. The summed E-state index contributed by atoms with van der Waals surface area (Å²) < 4.78 is 5.29. The van der Waals surface area contributed by atoms with Crippen LogP contribution in [0.5, 0.6) is 5.75 Å². The van der Waals surface area contributed by atoms with Gasteiger partial charge >= 0.3 is 0 Å². The molecule has 0 bridgehead atoms. The molecule has 0 heterocycles. The summed E-state index contributed by atoms with van der Waals surface area (Å²) in [4.78, 5) is 23.6. The zero-order chi connectivity index (χ0) is 17.5. The lowest BCUT2D eigenvalue weighted by molar-refractivity contribution is -0.125. The number of hydrogen-bond acceptors (Lipinski definition) is 3. The zero-order valence-corrected chi connectivity index (χ0v) is 14.4. The van der Waals surface area contributed by atoms with Crippen LogP contribution in [0, 0.1) is 6.92 Å². The Kier molecular flexibility index (Phi) is 6.46. The minimum atomic E-state index is -0.400. The molecule has 0 aromatic heterocycles. The smallest absolute Gasteiger partial charge is 0.258 e. The number of anilines is 1. The van der Waals surface area contributed by atoms with Crippen molar-refractivity contribution in [2.75, 3.05) is 18.5 Å². The first-order valence-electron chi connectivity index (χ1n) is 7.15. The first-order chi connectivity index (χ1) is 11.4. The van der Waals surface area contributed by atoms with E-state index in [1.165, 1.54) is 0 Å². The molecular weight excluding hydrogens is 351 g/mol. The molecule has 2 N–H and O–H groups in total. The maximum Gasteiger partial charge on any atom is 0.258 e. The van der Waals surface area contributed by atoms with E-state index >= 15 is 0 Å². The van der Waals surface area contributed by atoms with Crippen molar-refractivity contribution in [2.24, 2.45) is 0 Å². The minimum Gasteiger partial charge on any atom is -0.484 e. The molecule has 0 unspecified atom stereocenters. The minimum absolute atomic E-state index is 0.158. The molecule has 0 atom stereocenters. The molecule has 5 nitrogen and oxygen atoms in total. The summed E-state index contributed by atoms with van der Waals surface area (Å²) in [6, 6.07) is 11.8. The number of carbonyl (C=O) groups is 2. The first-order valence-corrected chi connectivity index (χ1v) is 7.91. The normalized spacial score (nSPS) is 10.1. The van der Waals surface area contributed by atoms with Gasteiger partial charge in [-0.15, -0.1) is 0 Å². The van der Waals surface area contributed by atoms with E-state index in [4.69, 9.17) is 27.9 Å². The van der Waals surface area contributed by atoms with E-state index < -0.39 is 5.91 Å². The average molecular weight is 367 g/mol. The number of halogens is 2. The van der Waals surface area contributed by atoms with Crippen LogP contribution in [0.3, 0.4) is 0 Å². The second-order valence-corrected chi connectivity index (χ2v) is 5.90. The van der Waals surface area contributed by atoms with E-state index in [9.17, 15) is 9.59 Å². The Morgan fingerprint density at radius 2 is 1.67 bits per heavy atom. The lowest BCUT2D eigenvalue weighted by Crippen LogP contribution is -2.35. The highest BCUT2D eigenvalue weighted by Crippen LogP contribution is 2.20. The lowest BCUT2D eigenvalue weighted by atomic mass is 10.2. The molecule has 0 saturated heterocycles. The highest BCUT2D eigenvalue weighted by molar-refractivity contribution is 6.31. The van der Waals surface area contributed by atoms with Gasteiger partial charge in [-0.2, -0.15) is 0 Å². The van der Waals surface area contributed by atoms with Crippen LogP contribution in [-0.4, -0.2) is 25.0 Å². The Bertz CT molecular complexity index is 733. The van der Waals surface area contributed by atoms with Gasteiger partial charge in [-0.3, -0.25) is 9.59 Å². The van der Waals surface area contributed by atoms with Crippen molar-refractivity contribution >= 4 is 40.7 Å². The molecule has 7 heteroatoms. The number of ether oxygens (including phenoxy) is 1. The van der Waals surface area contributed by atoms with Crippen LogP contribution in [0.1, 0.15) is 5.56 Å². The van der Waals surface area contributed by atoms with Gasteiger partial charge in [0.25, 0.3) is 5.91 Å². The predicted molar refractivity (Wildman–Crippen MR) is 94.8 cm³/mol. The molecule has 2 aromatic carbocycles. The maximum absolute atomic E-state index is 11.9. The highest BCUT2D eigenvalue weighted by atomic mass is 35.5. The Morgan fingerprint density at radius 3 is 2.38 bits per heavy atom. The molecule has 0 saturated carbocycles. The summed E-state index contributed by atoms with van der Waals surface area (Å²) in [7, 11) is 0. The molecule has 126 valence electrons. The van der Waals surface area contributed by atoms with Gasteiger partial charge in [0, 0.05) is 15.7 Å². The molecule has 0 aliphatic carbocycles. The van der Waals surface area contributed by atoms with Gasteiger partial charge in [-0.05, 0) is 48.9 Å². The zero-order valence-electron chi connectivity index (χ0n) is 12.9. The van der Waals surface area contributed by atoms with Crippen molar-refractivity contribution in [1.29, 1.82) is 0 Å². The van der Waals surface area contributed by atoms with Crippen LogP contribution >= 0.6 is 23.2 Å². The van der Waals surface area contributed by atoms with Crippen LogP contribution in [0.15, 0.2) is 42.5 Å². The van der Waals surface area contributed by atoms with Gasteiger partial charge in [0.05, 0.1) is 6.54 Å². The molecule has 0 radical (unpaired) electrons. The van der Waals surface area contributed by atoms with Crippen molar-refractivity contribution in [1.82, 2.24) is 5.32 Å². The summed E-state index contributed by atoms with van der Waals surface area (Å²) in [5, 5.41) is 6.28. The molecular formula is C17H16Cl2N2O3. The van der Waals surface area contributed by atoms with Gasteiger partial charge in [0.15, 0.2) is 6.61 Å². The molecule has 0 aliphatic rings. The quantitative estimate of drug-likeness (QED) is 0.822. The van der Waals surface area contributed by atoms with E-state index in [-0.39, 0.29) is 19.1 Å². The van der Waals surface area contributed by atoms with Crippen LogP contribution < -0.4 is 15.4 Å². The largest absolute Gasteiger partial charge is 0.484 e. The fourth-order valence-corrected chi connectivity index (χ4v) is 2.13. The van der Waals surface area contributed by atoms with Gasteiger partial charge in [-0.25, -0.2) is 0 Å². The molecule has 2 aromatic rings. The van der Waals surface area contributed by atoms with Crippen LogP contribution in [0.4, 0.5) is 5.69 Å². The molecule has 24 heavy (non-hydrogen) atoms. The number of rotatable bonds is 6. The van der Waals surface area contributed by atoms with Crippen molar-refractivity contribution in [3.05, 3.63) is 58.1 Å².